The van der Waals surface area contributed by atoms with Crippen LogP contribution in [0.25, 0.3) is 0 Å². The van der Waals surface area contributed by atoms with Gasteiger partial charge in [-0.1, -0.05) is 0 Å². The van der Waals surface area contributed by atoms with Gasteiger partial charge in [-0.05, 0) is 14.1 Å². The van der Waals surface area contributed by atoms with Gasteiger partial charge in [-0.25, -0.2) is 0 Å². The molecule has 0 saturated carbocycles. The summed E-state index contributed by atoms with van der Waals surface area (Å²) in [5.41, 5.74) is 0. The highest BCUT2D eigenvalue weighted by molar-refractivity contribution is 4.88. The van der Waals surface area contributed by atoms with Gasteiger partial charge in [0.25, 0.3) is 0 Å². The second-order valence-electron chi connectivity index (χ2n) is 4.37. The normalized spacial score (nSPS) is 38.6. The van der Waals surface area contributed by atoms with E-state index in [4.69, 9.17) is 14.6 Å². The maximum Gasteiger partial charge on any atom is 0.186 e. The summed E-state index contributed by atoms with van der Waals surface area (Å²) in [4.78, 5) is 1.89. The number of hydrogen-bond acceptors (Lipinski definition) is 7. The Morgan fingerprint density at radius 3 is 2.29 bits per heavy atom. The van der Waals surface area contributed by atoms with E-state index < -0.39 is 37.3 Å². The van der Waals surface area contributed by atoms with Crippen LogP contribution in [0.1, 0.15) is 0 Å². The first kappa shape index (κ1) is 14.8. The lowest BCUT2D eigenvalue weighted by atomic mass is 9.99. The third kappa shape index (κ3) is 3.85. The van der Waals surface area contributed by atoms with E-state index in [1.54, 1.807) is 0 Å². The molecule has 1 aliphatic heterocycles. The smallest absolute Gasteiger partial charge is 0.186 e. The van der Waals surface area contributed by atoms with E-state index in [2.05, 4.69) is 0 Å². The Bertz CT molecular complexity index is 225. The molecule has 1 aliphatic rings. The van der Waals surface area contributed by atoms with Crippen LogP contribution in [0, 0.1) is 0 Å². The van der Waals surface area contributed by atoms with Gasteiger partial charge in [-0.2, -0.15) is 0 Å². The molecule has 0 unspecified atom stereocenters. The molecule has 0 bridgehead atoms. The topological polar surface area (TPSA) is 103 Å². The molecule has 1 fully saturated rings. The van der Waals surface area contributed by atoms with E-state index in [1.165, 1.54) is 0 Å². The average Bonchev–Trinajstić information content (AvgIpc) is 2.29. The minimum absolute atomic E-state index is 0.315. The van der Waals surface area contributed by atoms with Crippen molar-refractivity contribution in [1.82, 2.24) is 4.90 Å². The zero-order valence-corrected chi connectivity index (χ0v) is 10.1. The lowest BCUT2D eigenvalue weighted by Gasteiger charge is -2.39. The molecule has 102 valence electrons. The maximum absolute atomic E-state index is 9.63. The molecule has 0 aromatic rings. The van der Waals surface area contributed by atoms with Crippen molar-refractivity contribution in [1.29, 1.82) is 0 Å². The summed E-state index contributed by atoms with van der Waals surface area (Å²) in [6.07, 6.45) is -6.01. The van der Waals surface area contributed by atoms with Gasteiger partial charge in [0.2, 0.25) is 0 Å². The first-order valence-corrected chi connectivity index (χ1v) is 5.54. The largest absolute Gasteiger partial charge is 0.394 e. The molecule has 0 aliphatic carbocycles. The van der Waals surface area contributed by atoms with Crippen molar-refractivity contribution in [3.63, 3.8) is 0 Å². The molecule has 7 nitrogen and oxygen atoms in total. The summed E-state index contributed by atoms with van der Waals surface area (Å²) < 4.78 is 10.4. The van der Waals surface area contributed by atoms with Crippen molar-refractivity contribution in [2.75, 3.05) is 33.9 Å². The summed E-state index contributed by atoms with van der Waals surface area (Å²) in [6.45, 7) is 0.503. The number of nitrogens with zero attached hydrogens (tertiary/aromatic N) is 1. The van der Waals surface area contributed by atoms with Crippen molar-refractivity contribution in [3.8, 4) is 0 Å². The van der Waals surface area contributed by atoms with Crippen LogP contribution in [-0.2, 0) is 9.47 Å². The van der Waals surface area contributed by atoms with E-state index in [0.29, 0.717) is 13.2 Å². The molecular formula is C10H21NO6. The standard InChI is InChI=1S/C10H21NO6/c1-11(2)3-4-16-10-9(15)8(14)7(13)6(5-12)17-10/h6-10,12-15H,3-5H2,1-2H3/t6-,7+,8+,9+,10+/m0/s1. The summed E-state index contributed by atoms with van der Waals surface area (Å²) in [7, 11) is 3.74. The van der Waals surface area contributed by atoms with Gasteiger partial charge in [0.05, 0.1) is 13.2 Å². The second-order valence-corrected chi connectivity index (χ2v) is 4.37. The molecule has 0 amide bonds. The lowest BCUT2D eigenvalue weighted by molar-refractivity contribution is -0.301. The van der Waals surface area contributed by atoms with Crippen LogP contribution in [0.4, 0.5) is 0 Å². The van der Waals surface area contributed by atoms with Gasteiger partial charge >= 0.3 is 0 Å². The Kier molecular flexibility index (Phi) is 5.74. The van der Waals surface area contributed by atoms with Crippen LogP contribution in [0.15, 0.2) is 0 Å². The predicted molar refractivity (Wildman–Crippen MR) is 58.3 cm³/mol. The molecule has 1 rings (SSSR count). The Hall–Kier alpha value is -0.280. The maximum atomic E-state index is 9.63. The van der Waals surface area contributed by atoms with Gasteiger partial charge in [0.1, 0.15) is 24.4 Å². The highest BCUT2D eigenvalue weighted by Gasteiger charge is 2.43. The molecular weight excluding hydrogens is 230 g/mol. The Morgan fingerprint density at radius 1 is 1.12 bits per heavy atom. The highest BCUT2D eigenvalue weighted by atomic mass is 16.7. The number of rotatable bonds is 5. The average molecular weight is 251 g/mol. The van der Waals surface area contributed by atoms with Gasteiger partial charge in [0.15, 0.2) is 6.29 Å². The minimum Gasteiger partial charge on any atom is -0.394 e. The predicted octanol–water partition coefficient (Wildman–Crippen LogP) is -2.64. The van der Waals surface area contributed by atoms with E-state index in [-0.39, 0.29) is 0 Å². The van der Waals surface area contributed by atoms with Gasteiger partial charge in [0, 0.05) is 6.54 Å². The van der Waals surface area contributed by atoms with Crippen LogP contribution in [0.3, 0.4) is 0 Å². The van der Waals surface area contributed by atoms with Crippen molar-refractivity contribution in [2.45, 2.75) is 30.7 Å². The second kappa shape index (κ2) is 6.60. The molecule has 4 N–H and O–H groups in total. The van der Waals surface area contributed by atoms with E-state index in [9.17, 15) is 15.3 Å². The van der Waals surface area contributed by atoms with Crippen molar-refractivity contribution >= 4 is 0 Å². The number of aliphatic hydroxyl groups is 4. The molecule has 0 aromatic carbocycles. The molecule has 0 spiro atoms. The summed E-state index contributed by atoms with van der Waals surface area (Å²) >= 11 is 0. The number of likely N-dealkylation sites (N-methyl/N-ethyl adjacent to an activating group) is 1. The van der Waals surface area contributed by atoms with E-state index in [0.717, 1.165) is 0 Å². The van der Waals surface area contributed by atoms with E-state index in [1.807, 2.05) is 19.0 Å². The summed E-state index contributed by atoms with van der Waals surface area (Å²) in [6, 6.07) is 0. The molecule has 5 atom stereocenters. The third-order valence-corrected chi connectivity index (χ3v) is 2.67. The Morgan fingerprint density at radius 2 is 1.76 bits per heavy atom. The fourth-order valence-electron chi connectivity index (χ4n) is 1.56. The van der Waals surface area contributed by atoms with Crippen molar-refractivity contribution in [3.05, 3.63) is 0 Å². The molecule has 1 heterocycles. The van der Waals surface area contributed by atoms with Crippen LogP contribution < -0.4 is 0 Å². The first-order chi connectivity index (χ1) is 7.97. The van der Waals surface area contributed by atoms with Gasteiger partial charge in [-0.15, -0.1) is 0 Å². The Balaban J connectivity index is 2.47. The minimum atomic E-state index is -1.38. The van der Waals surface area contributed by atoms with Crippen LogP contribution in [-0.4, -0.2) is 89.9 Å². The SMILES string of the molecule is CN(C)CCO[C@@H]1O[C@@H](CO)[C@@H](O)[C@@H](O)[C@H]1O. The molecule has 1 saturated heterocycles. The van der Waals surface area contributed by atoms with Gasteiger partial charge in [-0.3, -0.25) is 0 Å². The van der Waals surface area contributed by atoms with E-state index >= 15 is 0 Å². The lowest BCUT2D eigenvalue weighted by Crippen LogP contribution is -2.59. The molecule has 17 heavy (non-hydrogen) atoms. The van der Waals surface area contributed by atoms with Crippen LogP contribution >= 0.6 is 0 Å². The molecule has 0 aromatic heterocycles. The molecule has 0 radical (unpaired) electrons. The zero-order valence-electron chi connectivity index (χ0n) is 10.1. The summed E-state index contributed by atoms with van der Waals surface area (Å²) in [5.74, 6) is 0. The van der Waals surface area contributed by atoms with Crippen LogP contribution in [0.5, 0.6) is 0 Å². The van der Waals surface area contributed by atoms with Gasteiger partial charge < -0.3 is 34.8 Å². The zero-order chi connectivity index (χ0) is 13.0. The van der Waals surface area contributed by atoms with Crippen molar-refractivity contribution < 1.29 is 29.9 Å². The number of aliphatic hydroxyl groups excluding tert-OH is 4. The number of hydrogen-bond donors (Lipinski definition) is 4. The van der Waals surface area contributed by atoms with Crippen LogP contribution in [0.2, 0.25) is 0 Å². The quantitative estimate of drug-likeness (QED) is 0.424. The van der Waals surface area contributed by atoms with Crippen molar-refractivity contribution in [2.24, 2.45) is 0 Å². The fourth-order valence-corrected chi connectivity index (χ4v) is 1.56. The number of ether oxygens (including phenoxy) is 2. The first-order valence-electron chi connectivity index (χ1n) is 5.54. The molecule has 7 heteroatoms. The third-order valence-electron chi connectivity index (χ3n) is 2.67. The summed E-state index contributed by atoms with van der Waals surface area (Å²) in [5, 5.41) is 37.6. The fraction of sp³-hybridized carbons (Fsp3) is 1.00. The highest BCUT2D eigenvalue weighted by Crippen LogP contribution is 2.21. The Labute approximate surface area is 100 Å². The monoisotopic (exact) mass is 251 g/mol.